The van der Waals surface area contributed by atoms with Crippen molar-refractivity contribution < 1.29 is 23.1 Å². The second-order valence-electron chi connectivity index (χ2n) is 8.15. The molecule has 0 bridgehead atoms. The number of likely N-dealkylation sites (N-methyl/N-ethyl adjacent to an activating group) is 1. The number of carbonyl (C=O) groups excluding carboxylic acids is 2. The van der Waals surface area contributed by atoms with Crippen LogP contribution in [-0.4, -0.2) is 50.7 Å². The minimum Gasteiger partial charge on any atom is -0.367 e. The number of benzene rings is 2. The number of amides is 2. The molecule has 0 radical (unpaired) electrons. The van der Waals surface area contributed by atoms with Crippen molar-refractivity contribution in [2.45, 2.75) is 30.9 Å². The number of hydrogen-bond acceptors (Lipinski definition) is 5. The first-order valence-corrected chi connectivity index (χ1v) is 10.7. The van der Waals surface area contributed by atoms with Crippen molar-refractivity contribution >= 4 is 17.5 Å². The van der Waals surface area contributed by atoms with Crippen LogP contribution in [0.25, 0.3) is 11.1 Å². The number of fused-ring (bicyclic) bond motifs is 1. The minimum atomic E-state index is -3.59. The molecule has 2 heterocycles. The van der Waals surface area contributed by atoms with Gasteiger partial charge in [-0.1, -0.05) is 36.4 Å². The molecule has 7 nitrogen and oxygen atoms in total. The fraction of sp³-hybridized carbons (Fsp3) is 0.375. The van der Waals surface area contributed by atoms with Gasteiger partial charge >= 0.3 is 11.8 Å². The third-order valence-corrected chi connectivity index (χ3v) is 5.91. The summed E-state index contributed by atoms with van der Waals surface area (Å²) in [6, 6.07) is 12.8. The fourth-order valence-electron chi connectivity index (χ4n) is 4.15. The Hall–Kier alpha value is -3.35. The first-order chi connectivity index (χ1) is 15.8. The number of alkyl halides is 2. The van der Waals surface area contributed by atoms with Crippen LogP contribution in [0, 0.1) is 11.3 Å². The molecule has 2 aliphatic rings. The summed E-state index contributed by atoms with van der Waals surface area (Å²) in [5, 5.41) is 15.3. The lowest BCUT2D eigenvalue weighted by atomic mass is 9.94. The van der Waals surface area contributed by atoms with E-state index in [4.69, 9.17) is 4.74 Å². The Morgan fingerprint density at radius 1 is 1.33 bits per heavy atom. The molecule has 2 aromatic rings. The van der Waals surface area contributed by atoms with Crippen molar-refractivity contribution in [3.05, 3.63) is 53.6 Å². The van der Waals surface area contributed by atoms with Gasteiger partial charge in [0.15, 0.2) is 0 Å². The van der Waals surface area contributed by atoms with E-state index in [0.29, 0.717) is 18.7 Å². The number of halogens is 2. The van der Waals surface area contributed by atoms with E-state index in [1.54, 1.807) is 36.4 Å². The molecule has 4 rings (SSSR count). The van der Waals surface area contributed by atoms with E-state index in [9.17, 15) is 23.6 Å². The van der Waals surface area contributed by atoms with E-state index in [0.717, 1.165) is 23.4 Å². The number of nitriles is 1. The number of hydrogen-bond donors (Lipinski definition) is 2. The number of nitrogens with one attached hydrogen (secondary N) is 2. The number of ether oxygens (including phenoxy) is 1. The zero-order chi connectivity index (χ0) is 23.6. The summed E-state index contributed by atoms with van der Waals surface area (Å²) >= 11 is 0. The molecular weight excluding hydrogens is 430 g/mol. The first kappa shape index (κ1) is 22.8. The number of nitrogens with zero attached hydrogens (tertiary/aromatic N) is 2. The van der Waals surface area contributed by atoms with Crippen LogP contribution in [0.2, 0.25) is 0 Å². The van der Waals surface area contributed by atoms with E-state index < -0.39 is 24.0 Å². The summed E-state index contributed by atoms with van der Waals surface area (Å²) in [7, 11) is 1.33. The standard InChI is InChI=1S/C24H24F2N4O3/c1-30-19-5-2-4-18(21(19)24(25,26)23(30)32)16-8-6-15(7-9-16)12-17(13-27)29-22(31)20-14-28-10-3-11-33-20/h2,4-9,17,20,28H,3,10-12,14H2,1H3,(H,29,31)/t17-,20?/m0/s1. The van der Waals surface area contributed by atoms with Crippen molar-refractivity contribution in [3.8, 4) is 17.2 Å². The molecular formula is C24H24F2N4O3. The number of rotatable bonds is 5. The van der Waals surface area contributed by atoms with E-state index in [2.05, 4.69) is 16.7 Å². The lowest BCUT2D eigenvalue weighted by Gasteiger charge is -2.18. The van der Waals surface area contributed by atoms with Gasteiger partial charge in [-0.25, -0.2) is 0 Å². The largest absolute Gasteiger partial charge is 0.367 e. The summed E-state index contributed by atoms with van der Waals surface area (Å²) in [4.78, 5) is 25.4. The van der Waals surface area contributed by atoms with Gasteiger partial charge < -0.3 is 20.3 Å². The molecule has 9 heteroatoms. The van der Waals surface area contributed by atoms with Crippen LogP contribution >= 0.6 is 0 Å². The fourth-order valence-corrected chi connectivity index (χ4v) is 4.15. The third kappa shape index (κ3) is 4.45. The molecule has 0 saturated carbocycles. The van der Waals surface area contributed by atoms with Gasteiger partial charge in [-0.3, -0.25) is 9.59 Å². The molecule has 0 spiro atoms. The molecule has 2 aliphatic heterocycles. The molecule has 2 amide bonds. The van der Waals surface area contributed by atoms with E-state index in [-0.39, 0.29) is 29.1 Å². The molecule has 2 N–H and O–H groups in total. The maximum absolute atomic E-state index is 14.6. The Balaban J connectivity index is 1.49. The molecule has 1 saturated heterocycles. The Bertz CT molecular complexity index is 1090. The van der Waals surface area contributed by atoms with E-state index >= 15 is 0 Å². The third-order valence-electron chi connectivity index (χ3n) is 5.91. The van der Waals surface area contributed by atoms with Crippen LogP contribution in [0.1, 0.15) is 17.5 Å². The van der Waals surface area contributed by atoms with Gasteiger partial charge in [-0.05, 0) is 35.7 Å². The Morgan fingerprint density at radius 3 is 2.82 bits per heavy atom. The highest BCUT2D eigenvalue weighted by molar-refractivity contribution is 6.07. The normalized spacial score (nSPS) is 20.5. The molecule has 1 fully saturated rings. The van der Waals surface area contributed by atoms with Crippen LogP contribution in [0.4, 0.5) is 14.5 Å². The average molecular weight is 454 g/mol. The van der Waals surface area contributed by atoms with Crippen molar-refractivity contribution in [1.29, 1.82) is 5.26 Å². The predicted molar refractivity (Wildman–Crippen MR) is 118 cm³/mol. The average Bonchev–Trinajstić information content (AvgIpc) is 3.03. The number of anilines is 1. The maximum Gasteiger partial charge on any atom is 0.352 e. The van der Waals surface area contributed by atoms with Crippen LogP contribution < -0.4 is 15.5 Å². The van der Waals surface area contributed by atoms with Gasteiger partial charge in [0.2, 0.25) is 0 Å². The topological polar surface area (TPSA) is 94.5 Å². The van der Waals surface area contributed by atoms with Crippen molar-refractivity contribution in [2.24, 2.45) is 0 Å². The van der Waals surface area contributed by atoms with Crippen LogP contribution in [0.3, 0.4) is 0 Å². The van der Waals surface area contributed by atoms with Gasteiger partial charge in [0.05, 0.1) is 17.3 Å². The van der Waals surface area contributed by atoms with Crippen LogP contribution in [0.5, 0.6) is 0 Å². The Kier molecular flexibility index (Phi) is 6.40. The summed E-state index contributed by atoms with van der Waals surface area (Å²) in [6.45, 7) is 1.65. The lowest BCUT2D eigenvalue weighted by molar-refractivity contribution is -0.141. The quantitative estimate of drug-likeness (QED) is 0.724. The highest BCUT2D eigenvalue weighted by atomic mass is 19.3. The molecule has 0 aliphatic carbocycles. The highest BCUT2D eigenvalue weighted by Crippen LogP contribution is 2.48. The summed E-state index contributed by atoms with van der Waals surface area (Å²) in [6.07, 6.45) is 0.430. The zero-order valence-electron chi connectivity index (χ0n) is 18.1. The van der Waals surface area contributed by atoms with Gasteiger partial charge in [-0.15, -0.1) is 0 Å². The second-order valence-corrected chi connectivity index (χ2v) is 8.15. The van der Waals surface area contributed by atoms with Crippen LogP contribution in [0.15, 0.2) is 42.5 Å². The summed E-state index contributed by atoms with van der Waals surface area (Å²) in [5.41, 5.74) is 1.47. The first-order valence-electron chi connectivity index (χ1n) is 10.7. The highest BCUT2D eigenvalue weighted by Gasteiger charge is 2.53. The zero-order valence-corrected chi connectivity index (χ0v) is 18.1. The van der Waals surface area contributed by atoms with E-state index in [1.165, 1.54) is 13.1 Å². The van der Waals surface area contributed by atoms with Crippen molar-refractivity contribution in [3.63, 3.8) is 0 Å². The molecule has 172 valence electrons. The predicted octanol–water partition coefficient (Wildman–Crippen LogP) is 2.35. The van der Waals surface area contributed by atoms with Crippen LogP contribution in [-0.2, 0) is 26.7 Å². The molecule has 33 heavy (non-hydrogen) atoms. The SMILES string of the molecule is CN1C(=O)C(F)(F)c2c(-c3ccc(C[C@@H](C#N)NC(=O)C4CNCCCO4)cc3)cccc21. The van der Waals surface area contributed by atoms with Gasteiger partial charge in [0, 0.05) is 26.6 Å². The Labute approximate surface area is 190 Å². The monoisotopic (exact) mass is 454 g/mol. The van der Waals surface area contributed by atoms with Gasteiger partial charge in [0.1, 0.15) is 12.1 Å². The van der Waals surface area contributed by atoms with E-state index in [1.807, 2.05) is 0 Å². The van der Waals surface area contributed by atoms with Crippen molar-refractivity contribution in [1.82, 2.24) is 10.6 Å². The second kappa shape index (κ2) is 9.25. The van der Waals surface area contributed by atoms with Gasteiger partial charge in [0.25, 0.3) is 5.91 Å². The maximum atomic E-state index is 14.6. The summed E-state index contributed by atoms with van der Waals surface area (Å²) < 4.78 is 34.8. The molecule has 2 atom stereocenters. The van der Waals surface area contributed by atoms with Crippen molar-refractivity contribution in [2.75, 3.05) is 31.6 Å². The van der Waals surface area contributed by atoms with Gasteiger partial charge in [-0.2, -0.15) is 14.0 Å². The number of carbonyl (C=O) groups is 2. The molecule has 1 unspecified atom stereocenters. The smallest absolute Gasteiger partial charge is 0.352 e. The molecule has 2 aromatic carbocycles. The summed E-state index contributed by atoms with van der Waals surface area (Å²) in [5.74, 6) is -5.18. The lowest BCUT2D eigenvalue weighted by Crippen LogP contribution is -2.46. The minimum absolute atomic E-state index is 0.189. The Morgan fingerprint density at radius 2 is 2.09 bits per heavy atom. The molecule has 0 aromatic heterocycles.